The van der Waals surface area contributed by atoms with E-state index in [1.807, 2.05) is 24.9 Å². The number of halogens is 2. The number of piperazine rings is 1. The third kappa shape index (κ3) is 4.98. The van der Waals surface area contributed by atoms with Gasteiger partial charge in [0.15, 0.2) is 5.13 Å². The topological polar surface area (TPSA) is 62.5 Å². The van der Waals surface area contributed by atoms with E-state index in [0.29, 0.717) is 0 Å². The lowest BCUT2D eigenvalue weighted by Crippen LogP contribution is -2.51. The zero-order valence-electron chi connectivity index (χ0n) is 13.3. The van der Waals surface area contributed by atoms with Crippen molar-refractivity contribution in [2.45, 2.75) is 33.2 Å². The molecule has 2 atom stereocenters. The molecule has 1 saturated heterocycles. The Morgan fingerprint density at radius 1 is 1.32 bits per heavy atom. The number of thiazole rings is 1. The molecule has 5 nitrogen and oxygen atoms in total. The van der Waals surface area contributed by atoms with Crippen molar-refractivity contribution in [3.05, 3.63) is 11.1 Å². The first-order chi connectivity index (χ1) is 9.52. The highest BCUT2D eigenvalue weighted by Gasteiger charge is 2.27. The summed E-state index contributed by atoms with van der Waals surface area (Å²) < 4.78 is 0. The molecule has 0 bridgehead atoms. The molecule has 8 heteroatoms. The highest BCUT2D eigenvalue weighted by atomic mass is 35.5. The highest BCUT2D eigenvalue weighted by molar-refractivity contribution is 7.15. The molecule has 22 heavy (non-hydrogen) atoms. The van der Waals surface area contributed by atoms with E-state index in [2.05, 4.69) is 16.8 Å². The Bertz CT molecular complexity index is 461. The number of anilines is 1. The third-order valence-corrected chi connectivity index (χ3v) is 5.13. The maximum atomic E-state index is 12.2. The first-order valence-corrected chi connectivity index (χ1v) is 8.08. The van der Waals surface area contributed by atoms with Gasteiger partial charge in [-0.3, -0.25) is 4.79 Å². The van der Waals surface area contributed by atoms with Gasteiger partial charge in [-0.25, -0.2) is 4.98 Å². The van der Waals surface area contributed by atoms with Gasteiger partial charge in [0.2, 0.25) is 5.91 Å². The molecule has 0 saturated carbocycles. The number of aryl methyl sites for hydroxylation is 1. The standard InChI is InChI=1S/C14H24N4OS.2ClH/c1-4-12-9-16-14(20-12)18-7-5-17(6-8-18)13(19)10(2)11(3)15;;/h9-11H,4-8,15H2,1-3H3;2*1H. The second-order valence-electron chi connectivity index (χ2n) is 5.42. The number of hydrogen-bond acceptors (Lipinski definition) is 5. The molecule has 128 valence electrons. The van der Waals surface area contributed by atoms with Crippen LogP contribution in [0.4, 0.5) is 5.13 Å². The van der Waals surface area contributed by atoms with E-state index in [1.165, 1.54) is 4.88 Å². The highest BCUT2D eigenvalue weighted by Crippen LogP contribution is 2.24. The van der Waals surface area contributed by atoms with E-state index in [9.17, 15) is 4.79 Å². The van der Waals surface area contributed by atoms with E-state index < -0.39 is 0 Å². The summed E-state index contributed by atoms with van der Waals surface area (Å²) in [5.74, 6) is 0.0705. The Morgan fingerprint density at radius 2 is 1.91 bits per heavy atom. The summed E-state index contributed by atoms with van der Waals surface area (Å²) in [6.07, 6.45) is 2.98. The second kappa shape index (κ2) is 9.55. The molecule has 1 aliphatic rings. The predicted octanol–water partition coefficient (Wildman–Crippen LogP) is 2.18. The van der Waals surface area contributed by atoms with E-state index >= 15 is 0 Å². The smallest absolute Gasteiger partial charge is 0.227 e. The molecular weight excluding hydrogens is 343 g/mol. The zero-order chi connectivity index (χ0) is 14.7. The van der Waals surface area contributed by atoms with Gasteiger partial charge in [0.25, 0.3) is 0 Å². The molecule has 0 aromatic carbocycles. The van der Waals surface area contributed by atoms with Gasteiger partial charge in [0.05, 0.1) is 5.92 Å². The van der Waals surface area contributed by atoms with Crippen LogP contribution in [-0.2, 0) is 11.2 Å². The number of carbonyl (C=O) groups is 1. The van der Waals surface area contributed by atoms with Gasteiger partial charge in [0, 0.05) is 43.3 Å². The monoisotopic (exact) mass is 368 g/mol. The predicted molar refractivity (Wildman–Crippen MR) is 97.6 cm³/mol. The van der Waals surface area contributed by atoms with Crippen LogP contribution >= 0.6 is 36.2 Å². The van der Waals surface area contributed by atoms with Crippen molar-refractivity contribution < 1.29 is 4.79 Å². The molecule has 2 heterocycles. The van der Waals surface area contributed by atoms with Gasteiger partial charge < -0.3 is 15.5 Å². The fraction of sp³-hybridized carbons (Fsp3) is 0.714. The lowest BCUT2D eigenvalue weighted by molar-refractivity contribution is -0.135. The van der Waals surface area contributed by atoms with Gasteiger partial charge >= 0.3 is 0 Å². The SMILES string of the molecule is CCc1cnc(N2CCN(C(=O)C(C)C(C)N)CC2)s1.Cl.Cl. The maximum Gasteiger partial charge on any atom is 0.227 e. The van der Waals surface area contributed by atoms with E-state index in [0.717, 1.165) is 37.7 Å². The van der Waals surface area contributed by atoms with Crippen LogP contribution in [0.2, 0.25) is 0 Å². The van der Waals surface area contributed by atoms with Gasteiger partial charge in [-0.15, -0.1) is 36.2 Å². The van der Waals surface area contributed by atoms with E-state index in [-0.39, 0.29) is 42.7 Å². The molecule has 1 aliphatic heterocycles. The maximum absolute atomic E-state index is 12.2. The summed E-state index contributed by atoms with van der Waals surface area (Å²) in [5, 5.41) is 1.08. The summed E-state index contributed by atoms with van der Waals surface area (Å²) >= 11 is 1.75. The van der Waals surface area contributed by atoms with Crippen LogP contribution in [0.3, 0.4) is 0 Å². The Balaban J connectivity index is 0.00000220. The molecule has 0 aliphatic carbocycles. The Hall–Kier alpha value is -0.560. The van der Waals surface area contributed by atoms with Gasteiger partial charge in [-0.2, -0.15) is 0 Å². The van der Waals surface area contributed by atoms with Crippen LogP contribution in [0.25, 0.3) is 0 Å². The van der Waals surface area contributed by atoms with Crippen molar-refractivity contribution in [2.24, 2.45) is 11.7 Å². The summed E-state index contributed by atoms with van der Waals surface area (Å²) in [6, 6.07) is -0.0911. The summed E-state index contributed by atoms with van der Waals surface area (Å²) in [5.41, 5.74) is 5.81. The normalized spacial score (nSPS) is 17.3. The Morgan fingerprint density at radius 3 is 2.36 bits per heavy atom. The quantitative estimate of drug-likeness (QED) is 0.884. The van der Waals surface area contributed by atoms with Crippen molar-refractivity contribution in [1.82, 2.24) is 9.88 Å². The van der Waals surface area contributed by atoms with Crippen molar-refractivity contribution in [3.63, 3.8) is 0 Å². The lowest BCUT2D eigenvalue weighted by Gasteiger charge is -2.36. The van der Waals surface area contributed by atoms with Crippen LogP contribution in [0.15, 0.2) is 6.20 Å². The second-order valence-corrected chi connectivity index (χ2v) is 6.52. The van der Waals surface area contributed by atoms with Gasteiger partial charge in [0.1, 0.15) is 0 Å². The molecule has 2 N–H and O–H groups in total. The zero-order valence-corrected chi connectivity index (χ0v) is 15.8. The number of rotatable bonds is 4. The average molecular weight is 369 g/mol. The van der Waals surface area contributed by atoms with Crippen molar-refractivity contribution in [2.75, 3.05) is 31.1 Å². The molecular formula is C14H26Cl2N4OS. The van der Waals surface area contributed by atoms with Crippen LogP contribution < -0.4 is 10.6 Å². The fourth-order valence-corrected chi connectivity index (χ4v) is 3.14. The third-order valence-electron chi connectivity index (χ3n) is 3.93. The van der Waals surface area contributed by atoms with Crippen LogP contribution in [-0.4, -0.2) is 48.0 Å². The number of nitrogens with two attached hydrogens (primary N) is 1. The number of hydrogen-bond donors (Lipinski definition) is 1. The minimum atomic E-state index is -0.104. The average Bonchev–Trinajstić information content (AvgIpc) is 2.94. The molecule has 1 aromatic heterocycles. The summed E-state index contributed by atoms with van der Waals surface area (Å²) in [4.78, 5) is 22.2. The van der Waals surface area contributed by atoms with E-state index in [4.69, 9.17) is 5.73 Å². The molecule has 0 spiro atoms. The van der Waals surface area contributed by atoms with Crippen LogP contribution in [0.1, 0.15) is 25.6 Å². The van der Waals surface area contributed by atoms with E-state index in [1.54, 1.807) is 11.3 Å². The van der Waals surface area contributed by atoms with Crippen molar-refractivity contribution in [1.29, 1.82) is 0 Å². The largest absolute Gasteiger partial charge is 0.345 e. The fourth-order valence-electron chi connectivity index (χ4n) is 2.24. The first-order valence-electron chi connectivity index (χ1n) is 7.27. The van der Waals surface area contributed by atoms with Crippen molar-refractivity contribution in [3.8, 4) is 0 Å². The molecule has 0 radical (unpaired) electrons. The summed E-state index contributed by atoms with van der Waals surface area (Å²) in [7, 11) is 0. The molecule has 2 unspecified atom stereocenters. The molecule has 1 aromatic rings. The summed E-state index contributed by atoms with van der Waals surface area (Å²) in [6.45, 7) is 9.17. The van der Waals surface area contributed by atoms with Crippen LogP contribution in [0, 0.1) is 5.92 Å². The minimum Gasteiger partial charge on any atom is -0.345 e. The minimum absolute atomic E-state index is 0. The molecule has 2 rings (SSSR count). The lowest BCUT2D eigenvalue weighted by atomic mass is 10.0. The Labute approximate surface area is 149 Å². The molecule has 1 fully saturated rings. The van der Waals surface area contributed by atoms with Crippen LogP contribution in [0.5, 0.6) is 0 Å². The van der Waals surface area contributed by atoms with Gasteiger partial charge in [-0.1, -0.05) is 13.8 Å². The van der Waals surface area contributed by atoms with Gasteiger partial charge in [-0.05, 0) is 13.3 Å². The number of amides is 1. The number of carbonyl (C=O) groups excluding carboxylic acids is 1. The molecule has 1 amide bonds. The van der Waals surface area contributed by atoms with Crippen molar-refractivity contribution >= 4 is 47.2 Å². The first kappa shape index (κ1) is 21.4. The number of aromatic nitrogens is 1. The Kier molecular flexibility index (Phi) is 9.31. The number of nitrogens with zero attached hydrogens (tertiary/aromatic N) is 3.